The van der Waals surface area contributed by atoms with E-state index in [0.29, 0.717) is 0 Å². The lowest BCUT2D eigenvalue weighted by Gasteiger charge is -2.11. The van der Waals surface area contributed by atoms with Crippen molar-refractivity contribution in [2.24, 2.45) is 0 Å². The Morgan fingerprint density at radius 3 is 2.38 bits per heavy atom. The lowest BCUT2D eigenvalue weighted by molar-refractivity contribution is 0.578. The third-order valence-electron chi connectivity index (χ3n) is 4.43. The zero-order valence-corrected chi connectivity index (χ0v) is 10.2. The topological polar surface area (TPSA) is 15.8 Å². The van der Waals surface area contributed by atoms with Crippen LogP contribution in [0.1, 0.15) is 74.2 Å². The standard InChI is InChI=1S/C15H23N/c1-2-4-8-12(7-3-1)15-11-13-9-5-6-10-14(13)16-15/h11-12,16H,1-10H2. The van der Waals surface area contributed by atoms with E-state index in [1.807, 2.05) is 0 Å². The van der Waals surface area contributed by atoms with Crippen LogP contribution in [0.4, 0.5) is 0 Å². The molecule has 1 heterocycles. The molecule has 88 valence electrons. The number of hydrogen-bond acceptors (Lipinski definition) is 0. The first-order chi connectivity index (χ1) is 7.93. The summed E-state index contributed by atoms with van der Waals surface area (Å²) in [6.45, 7) is 0. The minimum atomic E-state index is 0.841. The maximum absolute atomic E-state index is 3.73. The molecule has 0 aliphatic heterocycles. The van der Waals surface area contributed by atoms with Crippen molar-refractivity contribution >= 4 is 0 Å². The fraction of sp³-hybridized carbons (Fsp3) is 0.733. The summed E-state index contributed by atoms with van der Waals surface area (Å²) in [7, 11) is 0. The highest BCUT2D eigenvalue weighted by atomic mass is 14.7. The fourth-order valence-corrected chi connectivity index (χ4v) is 3.44. The fourth-order valence-electron chi connectivity index (χ4n) is 3.44. The normalized spacial score (nSPS) is 22.8. The van der Waals surface area contributed by atoms with Crippen molar-refractivity contribution in [3.05, 3.63) is 23.0 Å². The van der Waals surface area contributed by atoms with Gasteiger partial charge in [-0.1, -0.05) is 25.7 Å². The molecule has 1 aromatic heterocycles. The van der Waals surface area contributed by atoms with Crippen molar-refractivity contribution in [2.45, 2.75) is 70.1 Å². The summed E-state index contributed by atoms with van der Waals surface area (Å²) < 4.78 is 0. The Labute approximate surface area is 98.6 Å². The molecule has 1 nitrogen and oxygen atoms in total. The van der Waals surface area contributed by atoms with Crippen molar-refractivity contribution in [1.29, 1.82) is 0 Å². The SMILES string of the molecule is c1c(C2CCCCCC2)[nH]c2c1CCCC2. The van der Waals surface area contributed by atoms with Crippen molar-refractivity contribution in [3.8, 4) is 0 Å². The van der Waals surface area contributed by atoms with Crippen LogP contribution in [-0.4, -0.2) is 4.98 Å². The average molecular weight is 217 g/mol. The van der Waals surface area contributed by atoms with E-state index in [-0.39, 0.29) is 0 Å². The Morgan fingerprint density at radius 2 is 1.62 bits per heavy atom. The summed E-state index contributed by atoms with van der Waals surface area (Å²) in [5.74, 6) is 0.841. The lowest BCUT2D eigenvalue weighted by atomic mass is 9.95. The molecule has 0 amide bonds. The summed E-state index contributed by atoms with van der Waals surface area (Å²) in [6.07, 6.45) is 14.0. The minimum absolute atomic E-state index is 0.841. The number of aromatic nitrogens is 1. The van der Waals surface area contributed by atoms with Crippen molar-refractivity contribution in [2.75, 3.05) is 0 Å². The molecular formula is C15H23N. The summed E-state index contributed by atoms with van der Waals surface area (Å²) in [6, 6.07) is 2.49. The van der Waals surface area contributed by atoms with Gasteiger partial charge in [0.05, 0.1) is 0 Å². The van der Waals surface area contributed by atoms with Gasteiger partial charge in [0.25, 0.3) is 0 Å². The van der Waals surface area contributed by atoms with Gasteiger partial charge in [-0.2, -0.15) is 0 Å². The van der Waals surface area contributed by atoms with Crippen LogP contribution in [0.25, 0.3) is 0 Å². The molecule has 0 bridgehead atoms. The smallest absolute Gasteiger partial charge is 0.0183 e. The highest BCUT2D eigenvalue weighted by molar-refractivity contribution is 5.30. The number of rotatable bonds is 1. The molecule has 0 radical (unpaired) electrons. The number of aromatic amines is 1. The third-order valence-corrected chi connectivity index (χ3v) is 4.43. The van der Waals surface area contributed by atoms with Crippen LogP contribution in [0.3, 0.4) is 0 Å². The molecule has 3 rings (SSSR count). The molecule has 16 heavy (non-hydrogen) atoms. The maximum atomic E-state index is 3.73. The predicted molar refractivity (Wildman–Crippen MR) is 67.9 cm³/mol. The largest absolute Gasteiger partial charge is 0.362 e. The van der Waals surface area contributed by atoms with Crippen LogP contribution >= 0.6 is 0 Å². The van der Waals surface area contributed by atoms with Crippen molar-refractivity contribution in [1.82, 2.24) is 4.98 Å². The number of aryl methyl sites for hydroxylation is 2. The molecule has 0 saturated heterocycles. The highest BCUT2D eigenvalue weighted by Crippen LogP contribution is 2.33. The van der Waals surface area contributed by atoms with Crippen LogP contribution < -0.4 is 0 Å². The second-order valence-electron chi connectivity index (χ2n) is 5.62. The van der Waals surface area contributed by atoms with Crippen LogP contribution in [0.2, 0.25) is 0 Å². The second kappa shape index (κ2) is 4.65. The van der Waals surface area contributed by atoms with E-state index in [0.717, 1.165) is 5.92 Å². The van der Waals surface area contributed by atoms with Crippen LogP contribution in [-0.2, 0) is 12.8 Å². The zero-order chi connectivity index (χ0) is 10.8. The molecule has 1 heteroatoms. The molecular weight excluding hydrogens is 194 g/mol. The Hall–Kier alpha value is -0.720. The van der Waals surface area contributed by atoms with Crippen LogP contribution in [0.15, 0.2) is 6.07 Å². The molecule has 2 aliphatic rings. The van der Waals surface area contributed by atoms with E-state index in [9.17, 15) is 0 Å². The Morgan fingerprint density at radius 1 is 0.875 bits per heavy atom. The van der Waals surface area contributed by atoms with Gasteiger partial charge in [-0.3, -0.25) is 0 Å². The number of fused-ring (bicyclic) bond motifs is 1. The third kappa shape index (κ3) is 2.05. The molecule has 0 atom stereocenters. The molecule has 0 aromatic carbocycles. The van der Waals surface area contributed by atoms with Gasteiger partial charge in [0.15, 0.2) is 0 Å². The van der Waals surface area contributed by atoms with Crippen molar-refractivity contribution in [3.63, 3.8) is 0 Å². The Bertz CT molecular complexity index is 319. The molecule has 1 N–H and O–H groups in total. The highest BCUT2D eigenvalue weighted by Gasteiger charge is 2.19. The molecule has 0 unspecified atom stereocenters. The minimum Gasteiger partial charge on any atom is -0.362 e. The van der Waals surface area contributed by atoms with Gasteiger partial charge < -0.3 is 4.98 Å². The monoisotopic (exact) mass is 217 g/mol. The second-order valence-corrected chi connectivity index (χ2v) is 5.62. The van der Waals surface area contributed by atoms with Gasteiger partial charge >= 0.3 is 0 Å². The predicted octanol–water partition coefficient (Wildman–Crippen LogP) is 4.33. The number of hydrogen-bond donors (Lipinski definition) is 1. The van der Waals surface area contributed by atoms with E-state index in [2.05, 4.69) is 11.1 Å². The van der Waals surface area contributed by atoms with Crippen LogP contribution in [0.5, 0.6) is 0 Å². The molecule has 0 spiro atoms. The molecule has 2 aliphatic carbocycles. The maximum Gasteiger partial charge on any atom is 0.0183 e. The van der Waals surface area contributed by atoms with E-state index in [1.165, 1.54) is 64.2 Å². The summed E-state index contributed by atoms with van der Waals surface area (Å²) >= 11 is 0. The van der Waals surface area contributed by atoms with Crippen molar-refractivity contribution < 1.29 is 0 Å². The van der Waals surface area contributed by atoms with Gasteiger partial charge in [0, 0.05) is 11.4 Å². The Balaban J connectivity index is 1.79. The first-order valence-corrected chi connectivity index (χ1v) is 7.14. The molecule has 1 fully saturated rings. The van der Waals surface area contributed by atoms with Gasteiger partial charge in [-0.05, 0) is 56.1 Å². The summed E-state index contributed by atoms with van der Waals surface area (Å²) in [4.78, 5) is 3.73. The van der Waals surface area contributed by atoms with Gasteiger partial charge in [0.1, 0.15) is 0 Å². The number of H-pyrrole nitrogens is 1. The van der Waals surface area contributed by atoms with E-state index >= 15 is 0 Å². The number of nitrogens with one attached hydrogen (secondary N) is 1. The summed E-state index contributed by atoms with van der Waals surface area (Å²) in [5.41, 5.74) is 4.75. The lowest BCUT2D eigenvalue weighted by Crippen LogP contribution is -2.00. The molecule has 1 saturated carbocycles. The van der Waals surface area contributed by atoms with E-state index in [4.69, 9.17) is 0 Å². The van der Waals surface area contributed by atoms with Gasteiger partial charge in [-0.15, -0.1) is 0 Å². The van der Waals surface area contributed by atoms with Crippen LogP contribution in [0, 0.1) is 0 Å². The first kappa shape index (κ1) is 10.4. The van der Waals surface area contributed by atoms with Gasteiger partial charge in [-0.25, -0.2) is 0 Å². The average Bonchev–Trinajstić information content (AvgIpc) is 2.56. The van der Waals surface area contributed by atoms with E-state index in [1.54, 1.807) is 17.0 Å². The van der Waals surface area contributed by atoms with E-state index < -0.39 is 0 Å². The molecule has 1 aromatic rings. The Kier molecular flexibility index (Phi) is 3.03. The first-order valence-electron chi connectivity index (χ1n) is 7.14. The quantitative estimate of drug-likeness (QED) is 0.674. The summed E-state index contributed by atoms with van der Waals surface area (Å²) in [5, 5.41) is 0. The zero-order valence-electron chi connectivity index (χ0n) is 10.2. The van der Waals surface area contributed by atoms with Gasteiger partial charge in [0.2, 0.25) is 0 Å².